The minimum atomic E-state index is -0.453. The monoisotopic (exact) mass is 286 g/mol. The van der Waals surface area contributed by atoms with Gasteiger partial charge in [-0.2, -0.15) is 0 Å². The molecule has 0 aliphatic rings. The summed E-state index contributed by atoms with van der Waals surface area (Å²) >= 11 is 6.98. The lowest BCUT2D eigenvalue weighted by Gasteiger charge is -2.04. The number of halogens is 2. The molecule has 0 amide bonds. The fourth-order valence-electron chi connectivity index (χ4n) is 1.23. The fourth-order valence-corrected chi connectivity index (χ4v) is 2.19. The lowest BCUT2D eigenvalue weighted by molar-refractivity contribution is 0.0606. The van der Waals surface area contributed by atoms with Crippen LogP contribution in [0.2, 0.25) is 5.02 Å². The number of nitrogens with one attached hydrogen (secondary N) is 1. The molecule has 18 heavy (non-hydrogen) atoms. The number of thiazole rings is 1. The molecular formula is C11H8ClFN2O2S. The molecule has 1 aromatic carbocycles. The predicted molar refractivity (Wildman–Crippen MR) is 68.1 cm³/mol. The number of methoxy groups -OCH3 is 1. The number of esters is 1. The van der Waals surface area contributed by atoms with Crippen LogP contribution in [-0.4, -0.2) is 18.1 Å². The summed E-state index contributed by atoms with van der Waals surface area (Å²) < 4.78 is 17.4. The van der Waals surface area contributed by atoms with Crippen LogP contribution in [0.1, 0.15) is 9.67 Å². The van der Waals surface area contributed by atoms with Crippen molar-refractivity contribution >= 4 is 39.7 Å². The third-order valence-electron chi connectivity index (χ3n) is 2.07. The van der Waals surface area contributed by atoms with Crippen LogP contribution < -0.4 is 5.32 Å². The maximum atomic E-state index is 12.9. The predicted octanol–water partition coefficient (Wildman–Crippen LogP) is 3.47. The molecule has 0 aliphatic carbocycles. The molecule has 2 rings (SSSR count). The average Bonchev–Trinajstić information content (AvgIpc) is 2.80. The van der Waals surface area contributed by atoms with E-state index in [0.29, 0.717) is 15.7 Å². The van der Waals surface area contributed by atoms with Gasteiger partial charge in [-0.15, -0.1) is 0 Å². The summed E-state index contributed by atoms with van der Waals surface area (Å²) in [5.74, 6) is -0.870. The molecular weight excluding hydrogens is 279 g/mol. The highest BCUT2D eigenvalue weighted by Crippen LogP contribution is 2.28. The second-order valence-corrected chi connectivity index (χ2v) is 4.71. The summed E-state index contributed by atoms with van der Waals surface area (Å²) in [6, 6.07) is 3.97. The van der Waals surface area contributed by atoms with E-state index in [1.807, 2.05) is 0 Å². The fraction of sp³-hybridized carbons (Fsp3) is 0.0909. The van der Waals surface area contributed by atoms with Gasteiger partial charge < -0.3 is 10.1 Å². The number of rotatable bonds is 3. The van der Waals surface area contributed by atoms with E-state index < -0.39 is 11.8 Å². The van der Waals surface area contributed by atoms with Gasteiger partial charge in [0, 0.05) is 0 Å². The Balaban J connectivity index is 2.18. The third kappa shape index (κ3) is 2.77. The van der Waals surface area contributed by atoms with Crippen molar-refractivity contribution < 1.29 is 13.9 Å². The number of anilines is 2. The molecule has 0 saturated carbocycles. The van der Waals surface area contributed by atoms with E-state index >= 15 is 0 Å². The van der Waals surface area contributed by atoms with Crippen molar-refractivity contribution in [2.75, 3.05) is 12.4 Å². The largest absolute Gasteiger partial charge is 0.465 e. The third-order valence-corrected chi connectivity index (χ3v) is 3.27. The second kappa shape index (κ2) is 5.32. The zero-order valence-corrected chi connectivity index (χ0v) is 10.8. The Kier molecular flexibility index (Phi) is 3.78. The number of aromatic nitrogens is 1. The number of nitrogens with zero attached hydrogens (tertiary/aromatic N) is 1. The van der Waals surface area contributed by atoms with E-state index in [0.717, 1.165) is 11.3 Å². The smallest absolute Gasteiger partial charge is 0.349 e. The highest BCUT2D eigenvalue weighted by Gasteiger charge is 2.11. The first-order chi connectivity index (χ1) is 8.60. The van der Waals surface area contributed by atoms with Crippen LogP contribution in [0, 0.1) is 5.82 Å². The molecule has 0 fully saturated rings. The molecule has 1 N–H and O–H groups in total. The Morgan fingerprint density at radius 2 is 2.33 bits per heavy atom. The van der Waals surface area contributed by atoms with Crippen LogP contribution in [-0.2, 0) is 4.74 Å². The van der Waals surface area contributed by atoms with Crippen LogP contribution in [0.4, 0.5) is 15.2 Å². The van der Waals surface area contributed by atoms with Crippen LogP contribution in [0.15, 0.2) is 24.4 Å². The second-order valence-electron chi connectivity index (χ2n) is 3.27. The standard InChI is InChI=1S/C11H8ClFN2O2S/c1-17-10(16)9-5-14-11(18-9)15-8-3-2-6(13)4-7(8)12/h2-5H,1H3,(H,14,15). The molecule has 0 aliphatic heterocycles. The maximum Gasteiger partial charge on any atom is 0.349 e. The zero-order valence-electron chi connectivity index (χ0n) is 9.24. The minimum absolute atomic E-state index is 0.241. The SMILES string of the molecule is COC(=O)c1cnc(Nc2ccc(F)cc2Cl)s1. The summed E-state index contributed by atoms with van der Waals surface area (Å²) in [4.78, 5) is 15.6. The normalized spacial score (nSPS) is 10.2. The molecule has 1 heterocycles. The van der Waals surface area contributed by atoms with Crippen molar-refractivity contribution in [2.24, 2.45) is 0 Å². The first-order valence-corrected chi connectivity index (χ1v) is 6.06. The molecule has 2 aromatic rings. The van der Waals surface area contributed by atoms with Crippen molar-refractivity contribution in [1.82, 2.24) is 4.98 Å². The van der Waals surface area contributed by atoms with Crippen LogP contribution in [0.25, 0.3) is 0 Å². The van der Waals surface area contributed by atoms with Gasteiger partial charge >= 0.3 is 5.97 Å². The molecule has 0 spiro atoms. The first-order valence-electron chi connectivity index (χ1n) is 4.86. The van der Waals surface area contributed by atoms with Crippen LogP contribution in [0.5, 0.6) is 0 Å². The Bertz CT molecular complexity index is 588. The summed E-state index contributed by atoms with van der Waals surface area (Å²) in [5.41, 5.74) is 0.517. The summed E-state index contributed by atoms with van der Waals surface area (Å²) in [7, 11) is 1.30. The molecule has 0 unspecified atom stereocenters. The van der Waals surface area contributed by atoms with E-state index in [1.165, 1.54) is 31.5 Å². The quantitative estimate of drug-likeness (QED) is 0.878. The van der Waals surface area contributed by atoms with E-state index in [9.17, 15) is 9.18 Å². The van der Waals surface area contributed by atoms with Crippen molar-refractivity contribution in [1.29, 1.82) is 0 Å². The number of ether oxygens (including phenoxy) is 1. The molecule has 0 saturated heterocycles. The van der Waals surface area contributed by atoms with Gasteiger partial charge in [-0.1, -0.05) is 22.9 Å². The van der Waals surface area contributed by atoms with Gasteiger partial charge in [0.15, 0.2) is 5.13 Å². The van der Waals surface area contributed by atoms with Gasteiger partial charge in [0.25, 0.3) is 0 Å². The van der Waals surface area contributed by atoms with E-state index in [4.69, 9.17) is 11.6 Å². The van der Waals surface area contributed by atoms with Gasteiger partial charge in [-0.05, 0) is 18.2 Å². The molecule has 0 atom stereocenters. The zero-order chi connectivity index (χ0) is 13.1. The molecule has 94 valence electrons. The molecule has 4 nitrogen and oxygen atoms in total. The number of carbonyl (C=O) groups excluding carboxylic acids is 1. The number of benzene rings is 1. The molecule has 0 bridgehead atoms. The number of carbonyl (C=O) groups is 1. The van der Waals surface area contributed by atoms with E-state index in [1.54, 1.807) is 0 Å². The van der Waals surface area contributed by atoms with E-state index in [2.05, 4.69) is 15.0 Å². The molecule has 7 heteroatoms. The minimum Gasteiger partial charge on any atom is -0.465 e. The number of hydrogen-bond acceptors (Lipinski definition) is 5. The van der Waals surface area contributed by atoms with Gasteiger partial charge in [0.05, 0.1) is 24.0 Å². The topological polar surface area (TPSA) is 51.2 Å². The van der Waals surface area contributed by atoms with Gasteiger partial charge in [0.2, 0.25) is 0 Å². The van der Waals surface area contributed by atoms with E-state index in [-0.39, 0.29) is 5.02 Å². The lowest BCUT2D eigenvalue weighted by Crippen LogP contribution is -1.96. The summed E-state index contributed by atoms with van der Waals surface area (Å²) in [5, 5.41) is 3.62. The van der Waals surface area contributed by atoms with Gasteiger partial charge in [-0.25, -0.2) is 14.2 Å². The molecule has 1 aromatic heterocycles. The number of hydrogen-bond donors (Lipinski definition) is 1. The van der Waals surface area contributed by atoms with Crippen LogP contribution in [0.3, 0.4) is 0 Å². The van der Waals surface area contributed by atoms with Crippen molar-refractivity contribution in [3.63, 3.8) is 0 Å². The summed E-state index contributed by atoms with van der Waals surface area (Å²) in [6.45, 7) is 0. The molecule has 0 radical (unpaired) electrons. The van der Waals surface area contributed by atoms with Crippen molar-refractivity contribution in [3.8, 4) is 0 Å². The Hall–Kier alpha value is -1.66. The van der Waals surface area contributed by atoms with Crippen molar-refractivity contribution in [3.05, 3.63) is 40.1 Å². The van der Waals surface area contributed by atoms with Crippen molar-refractivity contribution in [2.45, 2.75) is 0 Å². The summed E-state index contributed by atoms with van der Waals surface area (Å²) in [6.07, 6.45) is 1.40. The van der Waals surface area contributed by atoms with Gasteiger partial charge in [-0.3, -0.25) is 0 Å². The Labute approximate surface area is 111 Å². The Morgan fingerprint density at radius 1 is 1.56 bits per heavy atom. The Morgan fingerprint density at radius 3 is 3.00 bits per heavy atom. The van der Waals surface area contributed by atoms with Gasteiger partial charge in [0.1, 0.15) is 10.7 Å². The first kappa shape index (κ1) is 12.8. The highest BCUT2D eigenvalue weighted by molar-refractivity contribution is 7.17. The average molecular weight is 287 g/mol. The highest BCUT2D eigenvalue weighted by atomic mass is 35.5. The maximum absolute atomic E-state index is 12.9. The van der Waals surface area contributed by atoms with Crippen LogP contribution >= 0.6 is 22.9 Å². The lowest BCUT2D eigenvalue weighted by atomic mass is 10.3.